The van der Waals surface area contributed by atoms with Crippen molar-refractivity contribution in [3.05, 3.63) is 53.7 Å². The molecule has 1 aliphatic heterocycles. The molecule has 0 spiro atoms. The fourth-order valence-electron chi connectivity index (χ4n) is 6.25. The predicted molar refractivity (Wildman–Crippen MR) is 148 cm³/mol. The van der Waals surface area contributed by atoms with Crippen LogP contribution in [0.2, 0.25) is 0 Å². The number of benzene rings is 2. The minimum absolute atomic E-state index is 0.0692. The zero-order valence-corrected chi connectivity index (χ0v) is 23.4. The smallest absolute Gasteiger partial charge is 0.308 e. The van der Waals surface area contributed by atoms with Gasteiger partial charge in [-0.05, 0) is 49.9 Å². The Hall–Kier alpha value is -3.86. The molecule has 1 aliphatic carbocycles. The van der Waals surface area contributed by atoms with E-state index in [9.17, 15) is 18.4 Å². The number of aromatic nitrogens is 2. The number of aryl methyl sites for hydroxylation is 1. The van der Waals surface area contributed by atoms with Gasteiger partial charge in [0.25, 0.3) is 0 Å². The van der Waals surface area contributed by atoms with Crippen LogP contribution in [0.1, 0.15) is 37.7 Å². The number of carbonyl (C=O) groups is 2. The Morgan fingerprint density at radius 2 is 1.90 bits per heavy atom. The van der Waals surface area contributed by atoms with Gasteiger partial charge in [-0.15, -0.1) is 0 Å². The molecule has 2 aliphatic rings. The summed E-state index contributed by atoms with van der Waals surface area (Å²) in [5, 5.41) is 0.583. The molecule has 8 nitrogen and oxygen atoms in total. The average molecular weight is 584 g/mol. The van der Waals surface area contributed by atoms with Crippen LogP contribution in [0.15, 0.2) is 40.9 Å². The minimum Gasteiger partial charge on any atom is -0.469 e. The average Bonchev–Trinajstić information content (AvgIpc) is 3.68. The van der Waals surface area contributed by atoms with Crippen LogP contribution in [0.5, 0.6) is 0 Å². The lowest BCUT2D eigenvalue weighted by Gasteiger charge is -2.30. The van der Waals surface area contributed by atoms with Crippen molar-refractivity contribution < 1.29 is 36.7 Å². The number of halogens is 3. The van der Waals surface area contributed by atoms with Crippen molar-refractivity contribution in [2.75, 3.05) is 20.3 Å². The standard InChI is InChI=1S/C31H32F3N3O5/c1-36-15-24(23-13-19(32)6-10-26(23)36)30-35-25-9-5-18(28(34)29(25)42-30)11-27(38)37-14-20(33)12-21(37)16-41-22-7-3-17(4-8-22)31(39)40-2/h5-6,9-10,13,15,17,20-22H,3-4,7-8,11-12,14,16H2,1-2H3/t17-,20-,21-,22-/m0/s1. The van der Waals surface area contributed by atoms with Crippen molar-refractivity contribution in [2.24, 2.45) is 13.0 Å². The lowest BCUT2D eigenvalue weighted by molar-refractivity contribution is -0.148. The van der Waals surface area contributed by atoms with E-state index in [0.29, 0.717) is 36.6 Å². The third kappa shape index (κ3) is 5.37. The number of esters is 1. The maximum atomic E-state index is 15.6. The van der Waals surface area contributed by atoms with E-state index in [1.165, 1.54) is 30.2 Å². The van der Waals surface area contributed by atoms with Crippen molar-refractivity contribution in [3.8, 4) is 11.5 Å². The van der Waals surface area contributed by atoms with E-state index in [0.717, 1.165) is 5.52 Å². The van der Waals surface area contributed by atoms with Crippen LogP contribution in [0.25, 0.3) is 33.5 Å². The lowest BCUT2D eigenvalue weighted by Crippen LogP contribution is -2.40. The zero-order valence-electron chi connectivity index (χ0n) is 23.4. The summed E-state index contributed by atoms with van der Waals surface area (Å²) < 4.78 is 62.5. The van der Waals surface area contributed by atoms with Gasteiger partial charge in [-0.3, -0.25) is 9.59 Å². The molecular weight excluding hydrogens is 551 g/mol. The third-order valence-corrected chi connectivity index (χ3v) is 8.52. The summed E-state index contributed by atoms with van der Waals surface area (Å²) in [6.07, 6.45) is 3.08. The van der Waals surface area contributed by atoms with Gasteiger partial charge in [0.05, 0.1) is 50.3 Å². The maximum Gasteiger partial charge on any atom is 0.308 e. The van der Waals surface area contributed by atoms with Crippen molar-refractivity contribution in [2.45, 2.75) is 56.8 Å². The molecule has 2 aromatic carbocycles. The Morgan fingerprint density at radius 3 is 2.67 bits per heavy atom. The maximum absolute atomic E-state index is 15.6. The summed E-state index contributed by atoms with van der Waals surface area (Å²) in [5.41, 5.74) is 1.57. The molecule has 0 N–H and O–H groups in total. The topological polar surface area (TPSA) is 86.8 Å². The van der Waals surface area contributed by atoms with Crippen LogP contribution in [-0.2, 0) is 32.5 Å². The highest BCUT2D eigenvalue weighted by Crippen LogP contribution is 2.34. The summed E-state index contributed by atoms with van der Waals surface area (Å²) in [7, 11) is 3.19. The second-order valence-electron chi connectivity index (χ2n) is 11.3. The first-order valence-corrected chi connectivity index (χ1v) is 14.2. The molecule has 222 valence electrons. The fourth-order valence-corrected chi connectivity index (χ4v) is 6.25. The number of rotatable bonds is 7. The zero-order chi connectivity index (χ0) is 29.5. The number of hydrogen-bond donors (Lipinski definition) is 0. The highest BCUT2D eigenvalue weighted by atomic mass is 19.1. The van der Waals surface area contributed by atoms with Gasteiger partial charge in [0.2, 0.25) is 11.8 Å². The van der Waals surface area contributed by atoms with Gasteiger partial charge in [-0.2, -0.15) is 0 Å². The Kier molecular flexibility index (Phi) is 7.69. The Labute approximate surface area is 240 Å². The van der Waals surface area contributed by atoms with Crippen LogP contribution in [0.3, 0.4) is 0 Å². The highest BCUT2D eigenvalue weighted by Gasteiger charge is 2.37. The van der Waals surface area contributed by atoms with Gasteiger partial charge in [-0.1, -0.05) is 6.07 Å². The predicted octanol–water partition coefficient (Wildman–Crippen LogP) is 5.49. The summed E-state index contributed by atoms with van der Waals surface area (Å²) in [6.45, 7) is 0.105. The molecule has 0 unspecified atom stereocenters. The molecule has 6 rings (SSSR count). The molecule has 1 saturated heterocycles. The first-order valence-electron chi connectivity index (χ1n) is 14.2. The number of alkyl halides is 1. The lowest BCUT2D eigenvalue weighted by atomic mass is 9.87. The van der Waals surface area contributed by atoms with E-state index in [2.05, 4.69) is 4.98 Å². The van der Waals surface area contributed by atoms with E-state index in [1.807, 2.05) is 7.05 Å². The third-order valence-electron chi connectivity index (χ3n) is 8.52. The van der Waals surface area contributed by atoms with Crippen LogP contribution in [0, 0.1) is 17.6 Å². The number of amides is 1. The number of nitrogens with zero attached hydrogens (tertiary/aromatic N) is 3. The number of oxazole rings is 1. The molecule has 2 atom stereocenters. The van der Waals surface area contributed by atoms with Crippen molar-refractivity contribution in [1.82, 2.24) is 14.5 Å². The van der Waals surface area contributed by atoms with Gasteiger partial charge in [-0.25, -0.2) is 18.2 Å². The summed E-state index contributed by atoms with van der Waals surface area (Å²) in [5.74, 6) is -1.72. The van der Waals surface area contributed by atoms with Crippen molar-refractivity contribution >= 4 is 33.9 Å². The van der Waals surface area contributed by atoms with E-state index in [4.69, 9.17) is 13.9 Å². The van der Waals surface area contributed by atoms with Crippen molar-refractivity contribution in [3.63, 3.8) is 0 Å². The molecule has 2 aromatic heterocycles. The van der Waals surface area contributed by atoms with Crippen LogP contribution in [-0.4, -0.2) is 64.9 Å². The quantitative estimate of drug-likeness (QED) is 0.267. The molecule has 1 saturated carbocycles. The first-order chi connectivity index (χ1) is 20.2. The molecule has 4 aromatic rings. The van der Waals surface area contributed by atoms with Crippen LogP contribution in [0.4, 0.5) is 13.2 Å². The second-order valence-corrected chi connectivity index (χ2v) is 11.3. The molecule has 3 heterocycles. The Morgan fingerprint density at radius 1 is 1.12 bits per heavy atom. The number of ether oxygens (including phenoxy) is 2. The molecule has 0 bridgehead atoms. The van der Waals surface area contributed by atoms with Crippen LogP contribution < -0.4 is 0 Å². The van der Waals surface area contributed by atoms with E-state index >= 15 is 4.39 Å². The summed E-state index contributed by atoms with van der Waals surface area (Å²) in [6, 6.07) is 6.99. The van der Waals surface area contributed by atoms with E-state index in [-0.39, 0.29) is 66.5 Å². The monoisotopic (exact) mass is 583 g/mol. The van der Waals surface area contributed by atoms with Gasteiger partial charge in [0.1, 0.15) is 17.5 Å². The molecule has 0 radical (unpaired) electrons. The summed E-state index contributed by atoms with van der Waals surface area (Å²) >= 11 is 0. The minimum atomic E-state index is -1.19. The van der Waals surface area contributed by atoms with Crippen LogP contribution >= 0.6 is 0 Å². The van der Waals surface area contributed by atoms with E-state index in [1.54, 1.807) is 22.9 Å². The second kappa shape index (κ2) is 11.4. The van der Waals surface area contributed by atoms with E-state index < -0.39 is 29.8 Å². The molecule has 11 heteroatoms. The number of methoxy groups -OCH3 is 1. The van der Waals surface area contributed by atoms with Gasteiger partial charge >= 0.3 is 5.97 Å². The fraction of sp³-hybridized carbons (Fsp3) is 0.452. The molecule has 1 amide bonds. The Balaban J connectivity index is 1.15. The number of hydrogen-bond acceptors (Lipinski definition) is 6. The van der Waals surface area contributed by atoms with Gasteiger partial charge in [0, 0.05) is 36.1 Å². The highest BCUT2D eigenvalue weighted by molar-refractivity contribution is 5.95. The SMILES string of the molecule is COC(=O)[C@H]1CC[C@H](OC[C@@H]2C[C@H](F)CN2C(=O)Cc2ccc3nc(-c4cn(C)c5ccc(F)cc45)oc3c2F)CC1. The molecule has 2 fully saturated rings. The number of fused-ring (bicyclic) bond motifs is 2. The van der Waals surface area contributed by atoms with Gasteiger partial charge < -0.3 is 23.4 Å². The molecular formula is C31H32F3N3O5. The Bertz CT molecular complexity index is 1640. The summed E-state index contributed by atoms with van der Waals surface area (Å²) in [4.78, 5) is 30.9. The number of likely N-dealkylation sites (tertiary alicyclic amines) is 1. The van der Waals surface area contributed by atoms with Crippen molar-refractivity contribution in [1.29, 1.82) is 0 Å². The number of carbonyl (C=O) groups excluding carboxylic acids is 2. The molecule has 42 heavy (non-hydrogen) atoms. The van der Waals surface area contributed by atoms with Gasteiger partial charge in [0.15, 0.2) is 11.4 Å². The first kappa shape index (κ1) is 28.3. The normalized spacial score (nSPS) is 22.7. The largest absolute Gasteiger partial charge is 0.469 e.